The Morgan fingerprint density at radius 1 is 0.900 bits per heavy atom. The average molecular weight is 327 g/mol. The molecule has 0 saturated carbocycles. The van der Waals surface area contributed by atoms with Gasteiger partial charge in [0.15, 0.2) is 5.78 Å². The summed E-state index contributed by atoms with van der Waals surface area (Å²) >= 11 is 17.5. The van der Waals surface area contributed by atoms with Gasteiger partial charge >= 0.3 is 0 Å². The third kappa shape index (κ3) is 4.27. The number of anilines is 1. The molecule has 0 aliphatic heterocycles. The lowest BCUT2D eigenvalue weighted by molar-refractivity contribution is 0.104. The summed E-state index contributed by atoms with van der Waals surface area (Å²) in [5, 5.41) is 4.59. The van der Waals surface area contributed by atoms with E-state index in [2.05, 4.69) is 5.32 Å². The molecule has 0 amide bonds. The highest BCUT2D eigenvalue weighted by atomic mass is 35.5. The first kappa shape index (κ1) is 14.9. The number of nitrogens with one attached hydrogen (secondary N) is 1. The van der Waals surface area contributed by atoms with Gasteiger partial charge in [-0.2, -0.15) is 0 Å². The number of halogens is 3. The molecule has 0 aliphatic carbocycles. The zero-order valence-electron chi connectivity index (χ0n) is 10.2. The predicted molar refractivity (Wildman–Crippen MR) is 85.0 cm³/mol. The Balaban J connectivity index is 2.02. The predicted octanol–water partition coefficient (Wildman–Crippen LogP) is 5.46. The summed E-state index contributed by atoms with van der Waals surface area (Å²) in [6.07, 6.45) is 2.97. The lowest BCUT2D eigenvalue weighted by Crippen LogP contribution is -1.96. The van der Waals surface area contributed by atoms with Crippen molar-refractivity contribution in [3.8, 4) is 0 Å². The van der Waals surface area contributed by atoms with E-state index in [0.717, 1.165) is 0 Å². The first-order valence-corrected chi connectivity index (χ1v) is 6.87. The Bertz CT molecular complexity index is 630. The van der Waals surface area contributed by atoms with Crippen molar-refractivity contribution in [3.63, 3.8) is 0 Å². The molecule has 0 bridgehead atoms. The normalized spacial score (nSPS) is 10.8. The van der Waals surface area contributed by atoms with Crippen molar-refractivity contribution in [2.45, 2.75) is 0 Å². The first-order chi connectivity index (χ1) is 9.54. The molecule has 0 aromatic heterocycles. The SMILES string of the molecule is O=C(/C=C/Nc1cc(Cl)cc(Cl)c1)c1ccc(Cl)cc1. The van der Waals surface area contributed by atoms with Crippen LogP contribution >= 0.6 is 34.8 Å². The van der Waals surface area contributed by atoms with Crippen LogP contribution in [0.4, 0.5) is 5.69 Å². The molecule has 0 unspecified atom stereocenters. The van der Waals surface area contributed by atoms with Gasteiger partial charge < -0.3 is 5.32 Å². The van der Waals surface area contributed by atoms with Gasteiger partial charge in [0.25, 0.3) is 0 Å². The van der Waals surface area contributed by atoms with Crippen LogP contribution in [0.25, 0.3) is 0 Å². The minimum atomic E-state index is -0.123. The smallest absolute Gasteiger partial charge is 0.187 e. The van der Waals surface area contributed by atoms with Crippen molar-refractivity contribution >= 4 is 46.3 Å². The van der Waals surface area contributed by atoms with Gasteiger partial charge in [-0.05, 0) is 42.5 Å². The van der Waals surface area contributed by atoms with Gasteiger partial charge in [0.05, 0.1) is 0 Å². The van der Waals surface area contributed by atoms with E-state index in [1.807, 2.05) is 0 Å². The molecule has 20 heavy (non-hydrogen) atoms. The van der Waals surface area contributed by atoms with Crippen molar-refractivity contribution in [1.29, 1.82) is 0 Å². The van der Waals surface area contributed by atoms with Crippen LogP contribution in [0.15, 0.2) is 54.7 Å². The van der Waals surface area contributed by atoms with Crippen LogP contribution in [0.3, 0.4) is 0 Å². The number of rotatable bonds is 4. The van der Waals surface area contributed by atoms with Crippen molar-refractivity contribution in [1.82, 2.24) is 0 Å². The highest BCUT2D eigenvalue weighted by molar-refractivity contribution is 6.35. The molecule has 0 fully saturated rings. The lowest BCUT2D eigenvalue weighted by atomic mass is 10.1. The van der Waals surface area contributed by atoms with Crippen LogP contribution in [0, 0.1) is 0 Å². The number of ketones is 1. The Kier molecular flexibility index (Phi) is 5.07. The number of carbonyl (C=O) groups is 1. The number of hydrogen-bond acceptors (Lipinski definition) is 2. The Morgan fingerprint density at radius 3 is 2.10 bits per heavy atom. The summed E-state index contributed by atoms with van der Waals surface area (Å²) in [5.41, 5.74) is 1.28. The quantitative estimate of drug-likeness (QED) is 0.597. The number of carbonyl (C=O) groups excluding carboxylic acids is 1. The monoisotopic (exact) mass is 325 g/mol. The second-order valence-corrected chi connectivity index (χ2v) is 5.32. The molecule has 0 radical (unpaired) electrons. The summed E-state index contributed by atoms with van der Waals surface area (Å²) < 4.78 is 0. The van der Waals surface area contributed by atoms with E-state index in [0.29, 0.717) is 26.3 Å². The van der Waals surface area contributed by atoms with E-state index in [1.165, 1.54) is 6.08 Å². The molecule has 0 aliphatic rings. The van der Waals surface area contributed by atoms with Crippen molar-refractivity contribution in [3.05, 3.63) is 75.4 Å². The van der Waals surface area contributed by atoms with Gasteiger partial charge in [-0.25, -0.2) is 0 Å². The van der Waals surface area contributed by atoms with Crippen molar-refractivity contribution in [2.75, 3.05) is 5.32 Å². The van der Waals surface area contributed by atoms with E-state index in [1.54, 1.807) is 48.7 Å². The average Bonchev–Trinajstić information content (AvgIpc) is 2.38. The van der Waals surface area contributed by atoms with Crippen LogP contribution in [-0.2, 0) is 0 Å². The first-order valence-electron chi connectivity index (χ1n) is 5.74. The van der Waals surface area contributed by atoms with Gasteiger partial charge in [0.1, 0.15) is 0 Å². The van der Waals surface area contributed by atoms with Crippen molar-refractivity contribution < 1.29 is 4.79 Å². The molecular weight excluding hydrogens is 317 g/mol. The number of hydrogen-bond donors (Lipinski definition) is 1. The third-order valence-electron chi connectivity index (χ3n) is 2.48. The van der Waals surface area contributed by atoms with Crippen LogP contribution < -0.4 is 5.32 Å². The van der Waals surface area contributed by atoms with Gasteiger partial charge in [-0.3, -0.25) is 4.79 Å². The summed E-state index contributed by atoms with van der Waals surface area (Å²) in [7, 11) is 0. The zero-order chi connectivity index (χ0) is 14.5. The van der Waals surface area contributed by atoms with Crippen molar-refractivity contribution in [2.24, 2.45) is 0 Å². The molecule has 2 aromatic carbocycles. The number of benzene rings is 2. The van der Waals surface area contributed by atoms with Gasteiger partial charge in [-0.1, -0.05) is 34.8 Å². The standard InChI is InChI=1S/C15H10Cl3NO/c16-11-3-1-10(2-4-11)15(20)5-6-19-14-8-12(17)7-13(18)9-14/h1-9,19H/b6-5+. The molecule has 0 heterocycles. The van der Waals surface area contributed by atoms with Crippen LogP contribution in [-0.4, -0.2) is 5.78 Å². The summed E-state index contributed by atoms with van der Waals surface area (Å²) in [4.78, 5) is 11.9. The second-order valence-electron chi connectivity index (χ2n) is 4.01. The number of allylic oxidation sites excluding steroid dienone is 1. The Morgan fingerprint density at radius 2 is 1.50 bits per heavy atom. The highest BCUT2D eigenvalue weighted by Gasteiger charge is 2.01. The molecule has 0 atom stereocenters. The topological polar surface area (TPSA) is 29.1 Å². The minimum Gasteiger partial charge on any atom is -0.361 e. The maximum atomic E-state index is 11.9. The largest absolute Gasteiger partial charge is 0.361 e. The molecule has 5 heteroatoms. The Hall–Kier alpha value is -1.48. The van der Waals surface area contributed by atoms with Crippen LogP contribution in [0.5, 0.6) is 0 Å². The minimum absolute atomic E-state index is 0.123. The Labute approximate surface area is 132 Å². The second kappa shape index (κ2) is 6.80. The molecule has 2 aromatic rings. The van der Waals surface area contributed by atoms with Gasteiger partial charge in [0.2, 0.25) is 0 Å². The summed E-state index contributed by atoms with van der Waals surface area (Å²) in [6.45, 7) is 0. The van der Waals surface area contributed by atoms with E-state index in [4.69, 9.17) is 34.8 Å². The van der Waals surface area contributed by atoms with E-state index in [9.17, 15) is 4.79 Å². The van der Waals surface area contributed by atoms with Gasteiger partial charge in [0, 0.05) is 38.6 Å². The maximum absolute atomic E-state index is 11.9. The summed E-state index contributed by atoms with van der Waals surface area (Å²) in [6, 6.07) is 11.8. The van der Waals surface area contributed by atoms with E-state index < -0.39 is 0 Å². The van der Waals surface area contributed by atoms with E-state index in [-0.39, 0.29) is 5.78 Å². The fourth-order valence-electron chi connectivity index (χ4n) is 1.56. The lowest BCUT2D eigenvalue weighted by Gasteiger charge is -2.02. The zero-order valence-corrected chi connectivity index (χ0v) is 12.5. The maximum Gasteiger partial charge on any atom is 0.187 e. The third-order valence-corrected chi connectivity index (χ3v) is 3.16. The molecule has 1 N–H and O–H groups in total. The molecular formula is C15H10Cl3NO. The molecule has 102 valence electrons. The van der Waals surface area contributed by atoms with E-state index >= 15 is 0 Å². The van der Waals surface area contributed by atoms with Gasteiger partial charge in [-0.15, -0.1) is 0 Å². The molecule has 2 rings (SSSR count). The molecule has 0 spiro atoms. The summed E-state index contributed by atoms with van der Waals surface area (Å²) in [5.74, 6) is -0.123. The fourth-order valence-corrected chi connectivity index (χ4v) is 2.21. The fraction of sp³-hybridized carbons (Fsp3) is 0. The van der Waals surface area contributed by atoms with Crippen LogP contribution in [0.1, 0.15) is 10.4 Å². The van der Waals surface area contributed by atoms with Crippen LogP contribution in [0.2, 0.25) is 15.1 Å². The molecule has 2 nitrogen and oxygen atoms in total. The molecule has 0 saturated heterocycles. The highest BCUT2D eigenvalue weighted by Crippen LogP contribution is 2.22.